The summed E-state index contributed by atoms with van der Waals surface area (Å²) in [5.41, 5.74) is 6.67. The van der Waals surface area contributed by atoms with Crippen molar-refractivity contribution in [1.29, 1.82) is 0 Å². The van der Waals surface area contributed by atoms with Crippen molar-refractivity contribution in [1.82, 2.24) is 0 Å². The molecule has 6 heteroatoms. The predicted octanol–water partition coefficient (Wildman–Crippen LogP) is -0.281. The van der Waals surface area contributed by atoms with E-state index in [-0.39, 0.29) is 18.8 Å². The van der Waals surface area contributed by atoms with E-state index in [0.717, 1.165) is 0 Å². The molecule has 0 saturated heterocycles. The molecule has 0 aliphatic heterocycles. The molecule has 6 nitrogen and oxygen atoms in total. The summed E-state index contributed by atoms with van der Waals surface area (Å²) in [5.74, 6) is -0.896. The number of carbonyl (C=O) groups excluding carboxylic acids is 1. The van der Waals surface area contributed by atoms with Crippen molar-refractivity contribution in [3.8, 4) is 0 Å². The third kappa shape index (κ3) is 3.19. The second-order valence-corrected chi connectivity index (χ2v) is 3.76. The number of ether oxygens (including phenoxy) is 1. The van der Waals surface area contributed by atoms with E-state index in [2.05, 4.69) is 4.74 Å². The molecule has 2 unspecified atom stereocenters. The average Bonchev–Trinajstić information content (AvgIpc) is 2.38. The molecule has 0 radical (unpaired) electrons. The number of carbonyl (C=O) groups is 1. The minimum absolute atomic E-state index is 0.117. The molecular formula is C12H17NO5. The van der Waals surface area contributed by atoms with E-state index < -0.39 is 18.2 Å². The van der Waals surface area contributed by atoms with Gasteiger partial charge in [-0.25, -0.2) is 4.79 Å². The Balaban J connectivity index is 2.89. The predicted molar refractivity (Wildman–Crippen MR) is 64.4 cm³/mol. The van der Waals surface area contributed by atoms with E-state index in [4.69, 9.17) is 10.8 Å². The normalized spacial score (nSPS) is 14.0. The molecule has 0 bridgehead atoms. The van der Waals surface area contributed by atoms with Gasteiger partial charge in [-0.2, -0.15) is 0 Å². The number of anilines is 1. The maximum atomic E-state index is 11.3. The quantitative estimate of drug-likeness (QED) is 0.425. The maximum absolute atomic E-state index is 11.3. The number of nitrogen functional groups attached to an aromatic ring is 1. The highest BCUT2D eigenvalue weighted by molar-refractivity contribution is 5.75. The molecule has 5 N–H and O–H groups in total. The number of aliphatic hydroxyl groups excluding tert-OH is 3. The van der Waals surface area contributed by atoms with Gasteiger partial charge in [0.15, 0.2) is 6.10 Å². The number of benzene rings is 1. The zero-order chi connectivity index (χ0) is 13.7. The van der Waals surface area contributed by atoms with Gasteiger partial charge >= 0.3 is 5.97 Å². The maximum Gasteiger partial charge on any atom is 0.338 e. The lowest BCUT2D eigenvalue weighted by molar-refractivity contribution is -0.159. The van der Waals surface area contributed by atoms with Crippen molar-refractivity contribution < 1.29 is 24.9 Å². The molecule has 18 heavy (non-hydrogen) atoms. The van der Waals surface area contributed by atoms with Gasteiger partial charge in [0.25, 0.3) is 0 Å². The Kier molecular flexibility index (Phi) is 5.08. The van der Waals surface area contributed by atoms with Crippen molar-refractivity contribution in [3.05, 3.63) is 29.3 Å². The van der Waals surface area contributed by atoms with Crippen LogP contribution in [-0.2, 0) is 16.1 Å². The van der Waals surface area contributed by atoms with Gasteiger partial charge in [0.1, 0.15) is 6.10 Å². The first-order valence-electron chi connectivity index (χ1n) is 5.53. The van der Waals surface area contributed by atoms with Gasteiger partial charge in [0.05, 0.1) is 13.2 Å². The van der Waals surface area contributed by atoms with Crippen molar-refractivity contribution in [2.45, 2.75) is 25.7 Å². The second kappa shape index (κ2) is 6.34. The molecule has 0 amide bonds. The average molecular weight is 255 g/mol. The van der Waals surface area contributed by atoms with Gasteiger partial charge in [-0.05, 0) is 24.6 Å². The smallest absolute Gasteiger partial charge is 0.338 e. The summed E-state index contributed by atoms with van der Waals surface area (Å²) >= 11 is 0. The summed E-state index contributed by atoms with van der Waals surface area (Å²) in [6, 6.07) is 4.39. The first-order chi connectivity index (χ1) is 8.51. The van der Waals surface area contributed by atoms with E-state index in [1.54, 1.807) is 6.92 Å². The Morgan fingerprint density at radius 1 is 1.44 bits per heavy atom. The van der Waals surface area contributed by atoms with Gasteiger partial charge in [0, 0.05) is 11.3 Å². The minimum Gasteiger partial charge on any atom is -0.464 e. The molecule has 1 rings (SSSR count). The number of hydrogen-bond acceptors (Lipinski definition) is 6. The summed E-state index contributed by atoms with van der Waals surface area (Å²) < 4.78 is 4.60. The highest BCUT2D eigenvalue weighted by Crippen LogP contribution is 2.22. The lowest BCUT2D eigenvalue weighted by Gasteiger charge is -2.17. The third-order valence-electron chi connectivity index (χ3n) is 2.51. The van der Waals surface area contributed by atoms with Crippen molar-refractivity contribution in [2.75, 3.05) is 12.3 Å². The van der Waals surface area contributed by atoms with E-state index in [9.17, 15) is 15.0 Å². The second-order valence-electron chi connectivity index (χ2n) is 3.76. The number of esters is 1. The van der Waals surface area contributed by atoms with Gasteiger partial charge in [-0.15, -0.1) is 0 Å². The van der Waals surface area contributed by atoms with Crippen LogP contribution in [0.25, 0.3) is 0 Å². The van der Waals surface area contributed by atoms with Crippen LogP contribution < -0.4 is 5.73 Å². The molecule has 0 fully saturated rings. The highest BCUT2D eigenvalue weighted by atomic mass is 16.5. The Bertz CT molecular complexity index is 421. The van der Waals surface area contributed by atoms with Crippen molar-refractivity contribution >= 4 is 11.7 Å². The number of rotatable bonds is 5. The van der Waals surface area contributed by atoms with E-state index in [1.807, 2.05) is 0 Å². The molecule has 1 aromatic carbocycles. The lowest BCUT2D eigenvalue weighted by Crippen LogP contribution is -2.30. The van der Waals surface area contributed by atoms with Gasteiger partial charge in [-0.3, -0.25) is 0 Å². The Morgan fingerprint density at radius 2 is 2.11 bits per heavy atom. The fourth-order valence-corrected chi connectivity index (χ4v) is 1.49. The van der Waals surface area contributed by atoms with Crippen LogP contribution in [0.15, 0.2) is 18.2 Å². The summed E-state index contributed by atoms with van der Waals surface area (Å²) in [7, 11) is 0. The van der Waals surface area contributed by atoms with Crippen LogP contribution in [0.3, 0.4) is 0 Å². The van der Waals surface area contributed by atoms with Gasteiger partial charge < -0.3 is 25.8 Å². The van der Waals surface area contributed by atoms with Crippen LogP contribution in [0.2, 0.25) is 0 Å². The highest BCUT2D eigenvalue weighted by Gasteiger charge is 2.27. The first-order valence-corrected chi connectivity index (χ1v) is 5.53. The molecular weight excluding hydrogens is 238 g/mol. The Morgan fingerprint density at radius 3 is 2.67 bits per heavy atom. The van der Waals surface area contributed by atoms with Crippen molar-refractivity contribution in [3.63, 3.8) is 0 Å². The molecule has 0 aliphatic rings. The van der Waals surface area contributed by atoms with Crippen LogP contribution in [-0.4, -0.2) is 34.0 Å². The zero-order valence-corrected chi connectivity index (χ0v) is 10.0. The lowest BCUT2D eigenvalue weighted by atomic mass is 10.0. The fourth-order valence-electron chi connectivity index (χ4n) is 1.49. The molecule has 0 saturated carbocycles. The molecule has 0 aromatic heterocycles. The van der Waals surface area contributed by atoms with Crippen LogP contribution in [0.5, 0.6) is 0 Å². The first kappa shape index (κ1) is 14.4. The topological polar surface area (TPSA) is 113 Å². The molecule has 0 aliphatic carbocycles. The summed E-state index contributed by atoms with van der Waals surface area (Å²) in [6.45, 7) is 1.43. The van der Waals surface area contributed by atoms with Gasteiger partial charge in [-0.1, -0.05) is 6.07 Å². The van der Waals surface area contributed by atoms with Crippen LogP contribution in [0, 0.1) is 0 Å². The molecule has 1 aromatic rings. The SMILES string of the molecule is CCOC(=O)C(O)C(O)c1ccc(N)c(CO)c1. The Labute approximate surface area is 105 Å². The molecule has 0 heterocycles. The number of nitrogens with two attached hydrogens (primary N) is 1. The molecule has 0 spiro atoms. The zero-order valence-electron chi connectivity index (χ0n) is 10.0. The van der Waals surface area contributed by atoms with Crippen LogP contribution in [0.4, 0.5) is 5.69 Å². The third-order valence-corrected chi connectivity index (χ3v) is 2.51. The minimum atomic E-state index is -1.67. The van der Waals surface area contributed by atoms with E-state index in [1.165, 1.54) is 18.2 Å². The fraction of sp³-hybridized carbons (Fsp3) is 0.417. The standard InChI is InChI=1S/C12H17NO5/c1-2-18-12(17)11(16)10(15)7-3-4-9(13)8(5-7)6-14/h3-5,10-11,14-16H,2,6,13H2,1H3. The van der Waals surface area contributed by atoms with E-state index >= 15 is 0 Å². The van der Waals surface area contributed by atoms with Crippen LogP contribution >= 0.6 is 0 Å². The van der Waals surface area contributed by atoms with E-state index in [0.29, 0.717) is 11.3 Å². The number of aliphatic hydroxyl groups is 3. The monoisotopic (exact) mass is 255 g/mol. The number of hydrogen-bond donors (Lipinski definition) is 4. The molecule has 2 atom stereocenters. The summed E-state index contributed by atoms with van der Waals surface area (Å²) in [4.78, 5) is 11.3. The van der Waals surface area contributed by atoms with Crippen molar-refractivity contribution in [2.24, 2.45) is 0 Å². The largest absolute Gasteiger partial charge is 0.464 e. The molecule has 100 valence electrons. The summed E-state index contributed by atoms with van der Waals surface area (Å²) in [6.07, 6.45) is -3.09. The van der Waals surface area contributed by atoms with Crippen LogP contribution in [0.1, 0.15) is 24.2 Å². The summed E-state index contributed by atoms with van der Waals surface area (Å²) in [5, 5.41) is 28.4. The Hall–Kier alpha value is -1.63. The van der Waals surface area contributed by atoms with Gasteiger partial charge in [0.2, 0.25) is 0 Å².